The first-order valence-corrected chi connectivity index (χ1v) is 9.77. The molecule has 0 radical (unpaired) electrons. The van der Waals surface area contributed by atoms with Gasteiger partial charge in [-0.15, -0.1) is 5.10 Å². The molecule has 7 heteroatoms. The van der Waals surface area contributed by atoms with E-state index in [0.29, 0.717) is 17.5 Å². The molecule has 1 aromatic heterocycles. The van der Waals surface area contributed by atoms with Crippen molar-refractivity contribution in [2.75, 3.05) is 0 Å². The standard InChI is InChI=1S/C16H16N3O2PS/c20-22(23,16-9-5-2-6-10-16)21-13-15-12-19(18-17-15)11-14-7-3-1-4-8-14/h1-10,12H,11,13H2,(H,20,23). The van der Waals surface area contributed by atoms with Gasteiger partial charge in [0.05, 0.1) is 12.7 Å². The molecule has 3 rings (SSSR count). The molecule has 23 heavy (non-hydrogen) atoms. The number of hydrogen-bond donors (Lipinski definition) is 1. The first kappa shape index (κ1) is 16.0. The Morgan fingerprint density at radius 1 is 1.04 bits per heavy atom. The average Bonchev–Trinajstić information content (AvgIpc) is 3.02. The quantitative estimate of drug-likeness (QED) is 0.696. The predicted octanol–water partition coefficient (Wildman–Crippen LogP) is 2.47. The Morgan fingerprint density at radius 3 is 2.39 bits per heavy atom. The summed E-state index contributed by atoms with van der Waals surface area (Å²) in [6, 6.07) is 19.1. The highest BCUT2D eigenvalue weighted by Gasteiger charge is 2.17. The van der Waals surface area contributed by atoms with E-state index in [1.807, 2.05) is 48.5 Å². The van der Waals surface area contributed by atoms with Crippen molar-refractivity contribution in [3.8, 4) is 0 Å². The smallest absolute Gasteiger partial charge is 0.217 e. The Kier molecular flexibility index (Phi) is 4.98. The molecule has 1 unspecified atom stereocenters. The van der Waals surface area contributed by atoms with Crippen molar-refractivity contribution in [3.05, 3.63) is 78.1 Å². The van der Waals surface area contributed by atoms with Gasteiger partial charge in [0.1, 0.15) is 12.3 Å². The minimum atomic E-state index is -3.01. The highest BCUT2D eigenvalue weighted by atomic mass is 32.5. The summed E-state index contributed by atoms with van der Waals surface area (Å²) in [5, 5.41) is 8.76. The van der Waals surface area contributed by atoms with E-state index in [1.54, 1.807) is 23.0 Å². The lowest BCUT2D eigenvalue weighted by atomic mass is 10.2. The van der Waals surface area contributed by atoms with Gasteiger partial charge in [-0.3, -0.25) is 0 Å². The van der Waals surface area contributed by atoms with Crippen LogP contribution in [0.2, 0.25) is 0 Å². The van der Waals surface area contributed by atoms with E-state index in [9.17, 15) is 4.89 Å². The fraction of sp³-hybridized carbons (Fsp3) is 0.125. The van der Waals surface area contributed by atoms with Gasteiger partial charge in [-0.05, 0) is 29.5 Å². The molecule has 1 atom stereocenters. The van der Waals surface area contributed by atoms with E-state index in [4.69, 9.17) is 16.3 Å². The number of benzene rings is 2. The molecule has 118 valence electrons. The molecule has 0 fully saturated rings. The van der Waals surface area contributed by atoms with Crippen molar-refractivity contribution in [1.82, 2.24) is 15.0 Å². The number of hydrogen-bond acceptors (Lipinski definition) is 4. The monoisotopic (exact) mass is 345 g/mol. The van der Waals surface area contributed by atoms with E-state index < -0.39 is 6.49 Å². The van der Waals surface area contributed by atoms with Crippen molar-refractivity contribution in [2.45, 2.75) is 13.2 Å². The lowest BCUT2D eigenvalue weighted by Gasteiger charge is -2.14. The summed E-state index contributed by atoms with van der Waals surface area (Å²) in [7, 11) is 0. The second-order valence-electron chi connectivity index (χ2n) is 5.02. The van der Waals surface area contributed by atoms with Gasteiger partial charge in [0.15, 0.2) is 0 Å². The minimum absolute atomic E-state index is 0.136. The molecule has 0 aliphatic heterocycles. The third kappa shape index (κ3) is 4.33. The largest absolute Gasteiger partial charge is 0.342 e. The Hall–Kier alpha value is -1.85. The zero-order chi connectivity index (χ0) is 16.1. The third-order valence-electron chi connectivity index (χ3n) is 3.24. The fourth-order valence-electron chi connectivity index (χ4n) is 2.10. The molecule has 0 amide bonds. The van der Waals surface area contributed by atoms with Crippen LogP contribution in [-0.2, 0) is 29.5 Å². The van der Waals surface area contributed by atoms with E-state index in [0.717, 1.165) is 5.56 Å². The second-order valence-corrected chi connectivity index (χ2v) is 8.32. The summed E-state index contributed by atoms with van der Waals surface area (Å²) in [5.74, 6) is 0. The molecule has 3 aromatic rings. The van der Waals surface area contributed by atoms with Gasteiger partial charge in [-0.25, -0.2) is 4.68 Å². The molecule has 1 heterocycles. The molecule has 0 bridgehead atoms. The first-order chi connectivity index (χ1) is 11.1. The van der Waals surface area contributed by atoms with E-state index >= 15 is 0 Å². The Morgan fingerprint density at radius 2 is 1.70 bits per heavy atom. The first-order valence-electron chi connectivity index (χ1n) is 7.09. The van der Waals surface area contributed by atoms with Crippen LogP contribution in [0.1, 0.15) is 11.3 Å². The Balaban J connectivity index is 1.62. The van der Waals surface area contributed by atoms with Crippen molar-refractivity contribution < 1.29 is 9.42 Å². The van der Waals surface area contributed by atoms with Gasteiger partial charge in [0, 0.05) is 5.30 Å². The third-order valence-corrected chi connectivity index (χ3v) is 5.62. The molecule has 0 saturated heterocycles. The van der Waals surface area contributed by atoms with Crippen LogP contribution in [0.3, 0.4) is 0 Å². The van der Waals surface area contributed by atoms with Crippen LogP contribution in [0, 0.1) is 0 Å². The molecular weight excluding hydrogens is 329 g/mol. The highest BCUT2D eigenvalue weighted by molar-refractivity contribution is 8.13. The van der Waals surface area contributed by atoms with Crippen LogP contribution in [0.4, 0.5) is 0 Å². The zero-order valence-corrected chi connectivity index (χ0v) is 14.0. The fourth-order valence-corrected chi connectivity index (χ4v) is 3.63. The molecule has 0 aliphatic carbocycles. The average molecular weight is 345 g/mol. The van der Waals surface area contributed by atoms with Crippen LogP contribution >= 0.6 is 6.49 Å². The van der Waals surface area contributed by atoms with Crippen LogP contribution in [0.5, 0.6) is 0 Å². The Labute approximate surface area is 139 Å². The lowest BCUT2D eigenvalue weighted by Crippen LogP contribution is -2.06. The van der Waals surface area contributed by atoms with Crippen molar-refractivity contribution >= 4 is 23.6 Å². The van der Waals surface area contributed by atoms with Crippen LogP contribution in [-0.4, -0.2) is 19.9 Å². The van der Waals surface area contributed by atoms with Crippen LogP contribution < -0.4 is 5.30 Å². The minimum Gasteiger partial charge on any atom is -0.342 e. The second kappa shape index (κ2) is 7.15. The zero-order valence-electron chi connectivity index (χ0n) is 12.3. The van der Waals surface area contributed by atoms with E-state index in [2.05, 4.69) is 10.3 Å². The van der Waals surface area contributed by atoms with Gasteiger partial charge in [-0.2, -0.15) is 0 Å². The van der Waals surface area contributed by atoms with E-state index in [-0.39, 0.29) is 6.61 Å². The SMILES string of the molecule is OP(=S)(OCc1cn(Cc2ccccc2)nn1)c1ccccc1. The van der Waals surface area contributed by atoms with Crippen molar-refractivity contribution in [3.63, 3.8) is 0 Å². The maximum atomic E-state index is 10.3. The summed E-state index contributed by atoms with van der Waals surface area (Å²) >= 11 is 5.21. The van der Waals surface area contributed by atoms with Gasteiger partial charge < -0.3 is 9.42 Å². The maximum absolute atomic E-state index is 10.3. The van der Waals surface area contributed by atoms with Gasteiger partial charge in [0.2, 0.25) is 6.49 Å². The summed E-state index contributed by atoms with van der Waals surface area (Å²) in [6.07, 6.45) is 1.80. The van der Waals surface area contributed by atoms with Gasteiger partial charge in [0.25, 0.3) is 0 Å². The van der Waals surface area contributed by atoms with Crippen molar-refractivity contribution in [2.24, 2.45) is 0 Å². The number of aromatic nitrogens is 3. The maximum Gasteiger partial charge on any atom is 0.217 e. The molecule has 0 aliphatic rings. The van der Waals surface area contributed by atoms with E-state index in [1.165, 1.54) is 0 Å². The van der Waals surface area contributed by atoms with Gasteiger partial charge >= 0.3 is 0 Å². The summed E-state index contributed by atoms with van der Waals surface area (Å²) in [5.41, 5.74) is 1.78. The van der Waals surface area contributed by atoms with Gasteiger partial charge in [-0.1, -0.05) is 53.7 Å². The predicted molar refractivity (Wildman–Crippen MR) is 92.9 cm³/mol. The number of nitrogens with zero attached hydrogens (tertiary/aromatic N) is 3. The molecule has 2 aromatic carbocycles. The topological polar surface area (TPSA) is 60.2 Å². The van der Waals surface area contributed by atoms with Crippen molar-refractivity contribution in [1.29, 1.82) is 0 Å². The molecular formula is C16H16N3O2PS. The normalized spacial score (nSPS) is 13.6. The lowest BCUT2D eigenvalue weighted by molar-refractivity contribution is 0.299. The summed E-state index contributed by atoms with van der Waals surface area (Å²) in [6.45, 7) is -2.24. The molecule has 0 spiro atoms. The summed E-state index contributed by atoms with van der Waals surface area (Å²) < 4.78 is 7.26. The molecule has 0 saturated carbocycles. The summed E-state index contributed by atoms with van der Waals surface area (Å²) in [4.78, 5) is 10.3. The Bertz CT molecular complexity index is 808. The molecule has 1 N–H and O–H groups in total. The highest BCUT2D eigenvalue weighted by Crippen LogP contribution is 2.41. The number of rotatable bonds is 6. The van der Waals surface area contributed by atoms with Crippen LogP contribution in [0.25, 0.3) is 0 Å². The molecule has 5 nitrogen and oxygen atoms in total. The van der Waals surface area contributed by atoms with Crippen LogP contribution in [0.15, 0.2) is 66.9 Å².